The monoisotopic (exact) mass is 566 g/mol. The van der Waals surface area contributed by atoms with Crippen LogP contribution in [0.1, 0.15) is 44.6 Å². The van der Waals surface area contributed by atoms with Crippen LogP contribution >= 0.6 is 0 Å². The molecule has 0 heterocycles. The number of benzene rings is 2. The number of carbonyl (C=O) groups is 2. The highest BCUT2D eigenvalue weighted by Crippen LogP contribution is 2.31. The van der Waals surface area contributed by atoms with Gasteiger partial charge in [-0.05, 0) is 67.9 Å². The zero-order valence-electron chi connectivity index (χ0n) is 24.9. The van der Waals surface area contributed by atoms with Crippen molar-refractivity contribution in [3.63, 3.8) is 0 Å². The van der Waals surface area contributed by atoms with E-state index >= 15 is 0 Å². The second-order valence-corrected chi connectivity index (χ2v) is 9.75. The molecule has 2 aromatic carbocycles. The van der Waals surface area contributed by atoms with Crippen molar-refractivity contribution in [2.24, 2.45) is 0 Å². The van der Waals surface area contributed by atoms with Crippen molar-refractivity contribution < 1.29 is 28.5 Å². The van der Waals surface area contributed by atoms with Gasteiger partial charge in [0.25, 0.3) is 0 Å². The van der Waals surface area contributed by atoms with Crippen LogP contribution in [0.3, 0.4) is 0 Å². The Kier molecular flexibility index (Phi) is 15.9. The molecule has 2 N–H and O–H groups in total. The van der Waals surface area contributed by atoms with Gasteiger partial charge in [0.2, 0.25) is 0 Å². The summed E-state index contributed by atoms with van der Waals surface area (Å²) in [5.74, 6) is 0.507. The summed E-state index contributed by atoms with van der Waals surface area (Å²) in [6, 6.07) is 13.9. The van der Waals surface area contributed by atoms with Gasteiger partial charge in [-0.1, -0.05) is 64.0 Å². The minimum absolute atomic E-state index is 0.130. The number of aryl methyl sites for hydroxylation is 1. The summed E-state index contributed by atoms with van der Waals surface area (Å²) in [4.78, 5) is 23.9. The standard InChI is InChI=1S/C33H46N2O6/c1-6-7-8-9-10-12-27-15-16-30(39-18-20-41-33(37)26(3)24-35-5)22-31(27)28-13-11-14-29(21-28)38-17-19-40-32(36)25(2)23-34-4/h11,13-16,21-22,34-35H,2-3,6-10,12,17-20,23-24H2,1,4-5H3. The summed E-state index contributed by atoms with van der Waals surface area (Å²) < 4.78 is 22.3. The van der Waals surface area contributed by atoms with Gasteiger partial charge in [0.05, 0.1) is 0 Å². The van der Waals surface area contributed by atoms with Crippen LogP contribution in [0.4, 0.5) is 0 Å². The van der Waals surface area contributed by atoms with E-state index in [0.29, 0.717) is 35.7 Å². The topological polar surface area (TPSA) is 95.1 Å². The number of hydrogen-bond donors (Lipinski definition) is 2. The van der Waals surface area contributed by atoms with E-state index in [1.165, 1.54) is 31.2 Å². The van der Waals surface area contributed by atoms with Crippen molar-refractivity contribution in [2.75, 3.05) is 53.6 Å². The first kappa shape index (κ1) is 33.6. The van der Waals surface area contributed by atoms with Gasteiger partial charge in [-0.3, -0.25) is 0 Å². The third-order valence-electron chi connectivity index (χ3n) is 6.30. The summed E-state index contributed by atoms with van der Waals surface area (Å²) in [6.07, 6.45) is 6.97. The molecule has 8 heteroatoms. The van der Waals surface area contributed by atoms with E-state index in [9.17, 15) is 9.59 Å². The number of nitrogens with one attached hydrogen (secondary N) is 2. The molecule has 41 heavy (non-hydrogen) atoms. The molecule has 2 aromatic rings. The molecule has 0 aliphatic heterocycles. The van der Waals surface area contributed by atoms with E-state index in [1.807, 2.05) is 36.4 Å². The Balaban J connectivity index is 2.06. The number of rotatable bonds is 21. The largest absolute Gasteiger partial charge is 0.490 e. The Bertz CT molecular complexity index is 1130. The van der Waals surface area contributed by atoms with E-state index < -0.39 is 11.9 Å². The Hall–Kier alpha value is -3.62. The van der Waals surface area contributed by atoms with Crippen LogP contribution in [-0.2, 0) is 25.5 Å². The van der Waals surface area contributed by atoms with Crippen molar-refractivity contribution >= 4 is 11.9 Å². The van der Waals surface area contributed by atoms with Gasteiger partial charge in [0, 0.05) is 24.2 Å². The van der Waals surface area contributed by atoms with Crippen molar-refractivity contribution in [3.8, 4) is 22.6 Å². The quantitative estimate of drug-likeness (QED) is 0.120. The Morgan fingerprint density at radius 2 is 1.32 bits per heavy atom. The minimum atomic E-state index is -0.435. The molecule has 0 spiro atoms. The summed E-state index contributed by atoms with van der Waals surface area (Å²) in [5.41, 5.74) is 4.05. The van der Waals surface area contributed by atoms with Crippen LogP contribution in [0, 0.1) is 0 Å². The molecule has 2 rings (SSSR count). The van der Waals surface area contributed by atoms with E-state index in [1.54, 1.807) is 14.1 Å². The summed E-state index contributed by atoms with van der Waals surface area (Å²) in [5, 5.41) is 5.76. The van der Waals surface area contributed by atoms with Crippen molar-refractivity contribution in [3.05, 3.63) is 72.3 Å². The number of esters is 2. The van der Waals surface area contributed by atoms with E-state index in [2.05, 4.69) is 36.8 Å². The maximum absolute atomic E-state index is 11.9. The smallest absolute Gasteiger partial charge is 0.334 e. The number of unbranched alkanes of at least 4 members (excludes halogenated alkanes) is 4. The van der Waals surface area contributed by atoms with Gasteiger partial charge in [-0.25, -0.2) is 9.59 Å². The average molecular weight is 567 g/mol. The van der Waals surface area contributed by atoms with Gasteiger partial charge in [0.15, 0.2) is 0 Å². The number of likely N-dealkylation sites (N-methyl/N-ethyl adjacent to an activating group) is 2. The predicted octanol–water partition coefficient (Wildman–Crippen LogP) is 5.26. The zero-order valence-corrected chi connectivity index (χ0v) is 24.9. The number of hydrogen-bond acceptors (Lipinski definition) is 8. The van der Waals surface area contributed by atoms with Gasteiger partial charge in [0.1, 0.15) is 37.9 Å². The molecule has 0 atom stereocenters. The summed E-state index contributed by atoms with van der Waals surface area (Å²) in [6.45, 7) is 11.1. The normalized spacial score (nSPS) is 10.6. The van der Waals surface area contributed by atoms with Crippen LogP contribution in [0.5, 0.6) is 11.5 Å². The second kappa shape index (κ2) is 19.5. The fraction of sp³-hybridized carbons (Fsp3) is 0.455. The molecule has 0 radical (unpaired) electrons. The summed E-state index contributed by atoms with van der Waals surface area (Å²) in [7, 11) is 3.49. The van der Waals surface area contributed by atoms with Gasteiger partial charge < -0.3 is 29.6 Å². The lowest BCUT2D eigenvalue weighted by atomic mass is 9.95. The van der Waals surface area contributed by atoms with Crippen molar-refractivity contribution in [2.45, 2.75) is 45.4 Å². The van der Waals surface area contributed by atoms with Gasteiger partial charge in [-0.15, -0.1) is 0 Å². The maximum atomic E-state index is 11.9. The lowest BCUT2D eigenvalue weighted by Crippen LogP contribution is -2.20. The summed E-state index contributed by atoms with van der Waals surface area (Å²) >= 11 is 0. The SMILES string of the molecule is C=C(CNC)C(=O)OCCOc1cccc(-c2cc(OCCOC(=O)C(=C)CNC)ccc2CCCCCCC)c1. The molecule has 0 aliphatic carbocycles. The lowest BCUT2D eigenvalue weighted by molar-refractivity contribution is -0.140. The molecule has 0 saturated carbocycles. The lowest BCUT2D eigenvalue weighted by Gasteiger charge is -2.15. The first-order valence-corrected chi connectivity index (χ1v) is 14.4. The second-order valence-electron chi connectivity index (χ2n) is 9.75. The minimum Gasteiger partial charge on any atom is -0.490 e. The highest BCUT2D eigenvalue weighted by atomic mass is 16.6. The first-order valence-electron chi connectivity index (χ1n) is 14.4. The zero-order chi connectivity index (χ0) is 29.9. The molecular formula is C33H46N2O6. The van der Waals surface area contributed by atoms with Crippen molar-refractivity contribution in [1.82, 2.24) is 10.6 Å². The van der Waals surface area contributed by atoms with Crippen LogP contribution in [0.25, 0.3) is 11.1 Å². The molecule has 0 amide bonds. The molecule has 8 nitrogen and oxygen atoms in total. The molecule has 0 fully saturated rings. The van der Waals surface area contributed by atoms with Gasteiger partial charge in [-0.2, -0.15) is 0 Å². The van der Waals surface area contributed by atoms with Crippen molar-refractivity contribution in [1.29, 1.82) is 0 Å². The highest BCUT2D eigenvalue weighted by Gasteiger charge is 2.11. The Labute approximate surface area is 245 Å². The number of ether oxygens (including phenoxy) is 4. The van der Waals surface area contributed by atoms with Crippen LogP contribution in [0.2, 0.25) is 0 Å². The third-order valence-corrected chi connectivity index (χ3v) is 6.30. The van der Waals surface area contributed by atoms with Crippen LogP contribution in [-0.4, -0.2) is 65.6 Å². The van der Waals surface area contributed by atoms with E-state index in [-0.39, 0.29) is 26.4 Å². The maximum Gasteiger partial charge on any atom is 0.334 e. The first-order chi connectivity index (χ1) is 19.9. The molecular weight excluding hydrogens is 520 g/mol. The Morgan fingerprint density at radius 3 is 1.90 bits per heavy atom. The average Bonchev–Trinajstić information content (AvgIpc) is 2.98. The van der Waals surface area contributed by atoms with Crippen LogP contribution in [0.15, 0.2) is 66.8 Å². The van der Waals surface area contributed by atoms with E-state index in [0.717, 1.165) is 24.0 Å². The molecule has 0 aromatic heterocycles. The van der Waals surface area contributed by atoms with E-state index in [4.69, 9.17) is 18.9 Å². The third kappa shape index (κ3) is 12.6. The fourth-order valence-electron chi connectivity index (χ4n) is 4.17. The Morgan fingerprint density at radius 1 is 0.732 bits per heavy atom. The molecule has 0 aliphatic rings. The van der Waals surface area contributed by atoms with Crippen LogP contribution < -0.4 is 20.1 Å². The molecule has 224 valence electrons. The molecule has 0 unspecified atom stereocenters. The highest BCUT2D eigenvalue weighted by molar-refractivity contribution is 5.88. The van der Waals surface area contributed by atoms with Gasteiger partial charge >= 0.3 is 11.9 Å². The molecule has 0 saturated heterocycles. The number of carbonyl (C=O) groups excluding carboxylic acids is 2. The predicted molar refractivity (Wildman–Crippen MR) is 163 cm³/mol. The fourth-order valence-corrected chi connectivity index (χ4v) is 4.17. The molecule has 0 bridgehead atoms.